The zero-order chi connectivity index (χ0) is 14.5. The van der Waals surface area contributed by atoms with Gasteiger partial charge in [0, 0.05) is 12.3 Å². The lowest BCUT2D eigenvalue weighted by atomic mass is 9.94. The van der Waals surface area contributed by atoms with E-state index in [1.165, 1.54) is 5.56 Å². The Kier molecular flexibility index (Phi) is 5.35. The number of hydrogen-bond acceptors (Lipinski definition) is 3. The van der Waals surface area contributed by atoms with E-state index >= 15 is 0 Å². The van der Waals surface area contributed by atoms with Gasteiger partial charge in [0.15, 0.2) is 0 Å². The molecule has 2 rings (SSSR count). The summed E-state index contributed by atoms with van der Waals surface area (Å²) in [5.74, 6) is -0.0149. The van der Waals surface area contributed by atoms with Crippen LogP contribution in [-0.4, -0.2) is 33.6 Å². The van der Waals surface area contributed by atoms with Crippen LogP contribution in [0.3, 0.4) is 0 Å². The van der Waals surface area contributed by atoms with Gasteiger partial charge in [-0.15, -0.1) is 0 Å². The molecule has 20 heavy (non-hydrogen) atoms. The maximum Gasteiger partial charge on any atom is 0.0724 e. The molecule has 0 spiro atoms. The standard InChI is InChI=1S/C17H24O3/c1-12-15(17(20)11-16(12)19)10-9-14(18)8-7-13-5-3-2-4-6-13/h2-6,9-10,12,14-20H,7-8,11H2,1H3/b10-9+/t12-,14+,15-,16+,17-/m1/s1. The SMILES string of the molecule is C[C@@H]1[C@@H](/C=C/[C@@H](O)CCc2ccccc2)[C@H](O)C[C@@H]1O. The van der Waals surface area contributed by atoms with Crippen molar-refractivity contribution in [2.45, 2.75) is 44.5 Å². The van der Waals surface area contributed by atoms with Gasteiger partial charge in [-0.25, -0.2) is 0 Å². The van der Waals surface area contributed by atoms with E-state index < -0.39 is 18.3 Å². The van der Waals surface area contributed by atoms with Crippen molar-refractivity contribution >= 4 is 0 Å². The van der Waals surface area contributed by atoms with E-state index in [4.69, 9.17) is 0 Å². The first-order valence-corrected chi connectivity index (χ1v) is 7.34. The third kappa shape index (κ3) is 3.92. The Labute approximate surface area is 120 Å². The number of rotatable bonds is 5. The van der Waals surface area contributed by atoms with Crippen molar-refractivity contribution in [1.82, 2.24) is 0 Å². The van der Waals surface area contributed by atoms with Crippen LogP contribution in [0.25, 0.3) is 0 Å². The van der Waals surface area contributed by atoms with Crippen molar-refractivity contribution in [1.29, 1.82) is 0 Å². The monoisotopic (exact) mass is 276 g/mol. The molecular formula is C17H24O3. The fourth-order valence-electron chi connectivity index (χ4n) is 2.84. The molecule has 3 nitrogen and oxygen atoms in total. The van der Waals surface area contributed by atoms with E-state index in [0.29, 0.717) is 12.8 Å². The molecular weight excluding hydrogens is 252 g/mol. The van der Waals surface area contributed by atoms with Gasteiger partial charge < -0.3 is 15.3 Å². The summed E-state index contributed by atoms with van der Waals surface area (Å²) in [6, 6.07) is 10.1. The predicted molar refractivity (Wildman–Crippen MR) is 79.2 cm³/mol. The zero-order valence-corrected chi connectivity index (χ0v) is 11.9. The Morgan fingerprint density at radius 3 is 2.50 bits per heavy atom. The quantitative estimate of drug-likeness (QED) is 0.720. The molecule has 1 aliphatic carbocycles. The summed E-state index contributed by atoms with van der Waals surface area (Å²) in [4.78, 5) is 0. The van der Waals surface area contributed by atoms with Gasteiger partial charge in [0.25, 0.3) is 0 Å². The Morgan fingerprint density at radius 1 is 1.20 bits per heavy atom. The van der Waals surface area contributed by atoms with Crippen LogP contribution >= 0.6 is 0 Å². The van der Waals surface area contributed by atoms with Crippen molar-refractivity contribution in [2.24, 2.45) is 11.8 Å². The van der Waals surface area contributed by atoms with Gasteiger partial charge in [-0.1, -0.05) is 49.4 Å². The highest BCUT2D eigenvalue weighted by Gasteiger charge is 2.37. The highest BCUT2D eigenvalue weighted by Crippen LogP contribution is 2.33. The van der Waals surface area contributed by atoms with E-state index in [1.54, 1.807) is 6.08 Å². The van der Waals surface area contributed by atoms with Crippen LogP contribution < -0.4 is 0 Å². The van der Waals surface area contributed by atoms with E-state index in [0.717, 1.165) is 6.42 Å². The Bertz CT molecular complexity index is 429. The van der Waals surface area contributed by atoms with Gasteiger partial charge in [0.1, 0.15) is 0 Å². The molecule has 0 radical (unpaired) electrons. The van der Waals surface area contributed by atoms with Crippen molar-refractivity contribution in [3.05, 3.63) is 48.0 Å². The molecule has 0 unspecified atom stereocenters. The number of aliphatic hydroxyl groups is 3. The molecule has 3 N–H and O–H groups in total. The summed E-state index contributed by atoms with van der Waals surface area (Å²) in [5, 5.41) is 29.5. The number of aryl methyl sites for hydroxylation is 1. The topological polar surface area (TPSA) is 60.7 Å². The number of hydrogen-bond donors (Lipinski definition) is 3. The molecule has 1 aromatic rings. The molecule has 0 aliphatic heterocycles. The Balaban J connectivity index is 1.82. The largest absolute Gasteiger partial charge is 0.393 e. The first kappa shape index (κ1) is 15.2. The second-order valence-corrected chi connectivity index (χ2v) is 5.78. The lowest BCUT2D eigenvalue weighted by Gasteiger charge is -2.16. The molecule has 0 heterocycles. The highest BCUT2D eigenvalue weighted by molar-refractivity contribution is 5.15. The van der Waals surface area contributed by atoms with Crippen molar-refractivity contribution < 1.29 is 15.3 Å². The van der Waals surface area contributed by atoms with E-state index in [2.05, 4.69) is 12.1 Å². The fourth-order valence-corrected chi connectivity index (χ4v) is 2.84. The van der Waals surface area contributed by atoms with Gasteiger partial charge in [-0.3, -0.25) is 0 Å². The first-order chi connectivity index (χ1) is 9.58. The third-order valence-electron chi connectivity index (χ3n) is 4.27. The van der Waals surface area contributed by atoms with Gasteiger partial charge >= 0.3 is 0 Å². The van der Waals surface area contributed by atoms with Gasteiger partial charge in [-0.05, 0) is 24.3 Å². The Hall–Kier alpha value is -1.16. The average molecular weight is 276 g/mol. The van der Waals surface area contributed by atoms with Crippen molar-refractivity contribution in [3.8, 4) is 0 Å². The fraction of sp³-hybridized carbons (Fsp3) is 0.529. The van der Waals surface area contributed by atoms with Crippen LogP contribution in [0.2, 0.25) is 0 Å². The summed E-state index contributed by atoms with van der Waals surface area (Å²) < 4.78 is 0. The third-order valence-corrected chi connectivity index (χ3v) is 4.27. The molecule has 1 aromatic carbocycles. The lowest BCUT2D eigenvalue weighted by molar-refractivity contribution is 0.123. The van der Waals surface area contributed by atoms with Crippen molar-refractivity contribution in [2.75, 3.05) is 0 Å². The zero-order valence-electron chi connectivity index (χ0n) is 11.9. The van der Waals surface area contributed by atoms with Crippen LogP contribution in [-0.2, 0) is 6.42 Å². The second kappa shape index (κ2) is 7.02. The molecule has 1 aliphatic rings. The predicted octanol–water partition coefficient (Wildman–Crippen LogP) is 1.91. The molecule has 0 bridgehead atoms. The van der Waals surface area contributed by atoms with Crippen molar-refractivity contribution in [3.63, 3.8) is 0 Å². The normalized spacial score (nSPS) is 31.8. The number of benzene rings is 1. The molecule has 5 atom stereocenters. The molecule has 110 valence electrons. The van der Waals surface area contributed by atoms with Crippen LogP contribution in [0.15, 0.2) is 42.5 Å². The van der Waals surface area contributed by atoms with Crippen LogP contribution in [0.4, 0.5) is 0 Å². The molecule has 0 saturated heterocycles. The summed E-state index contributed by atoms with van der Waals surface area (Å²) in [6.45, 7) is 1.94. The average Bonchev–Trinajstić information content (AvgIpc) is 2.69. The summed E-state index contributed by atoms with van der Waals surface area (Å²) in [5.41, 5.74) is 1.21. The maximum absolute atomic E-state index is 9.98. The summed E-state index contributed by atoms with van der Waals surface area (Å²) in [7, 11) is 0. The minimum Gasteiger partial charge on any atom is -0.393 e. The lowest BCUT2D eigenvalue weighted by Crippen LogP contribution is -2.17. The minimum atomic E-state index is -0.507. The maximum atomic E-state index is 9.98. The first-order valence-electron chi connectivity index (χ1n) is 7.34. The molecule has 1 saturated carbocycles. The van der Waals surface area contributed by atoms with E-state index in [9.17, 15) is 15.3 Å². The van der Waals surface area contributed by atoms with Gasteiger partial charge in [-0.2, -0.15) is 0 Å². The summed E-state index contributed by atoms with van der Waals surface area (Å²) in [6.07, 6.45) is 4.09. The van der Waals surface area contributed by atoms with Crippen LogP contribution in [0.5, 0.6) is 0 Å². The van der Waals surface area contributed by atoms with E-state index in [-0.39, 0.29) is 11.8 Å². The highest BCUT2D eigenvalue weighted by atomic mass is 16.3. The smallest absolute Gasteiger partial charge is 0.0724 e. The minimum absolute atomic E-state index is 0.0440. The molecule has 0 aromatic heterocycles. The van der Waals surface area contributed by atoms with Gasteiger partial charge in [0.2, 0.25) is 0 Å². The van der Waals surface area contributed by atoms with E-state index in [1.807, 2.05) is 31.2 Å². The number of aliphatic hydroxyl groups excluding tert-OH is 3. The van der Waals surface area contributed by atoms with Gasteiger partial charge in [0.05, 0.1) is 18.3 Å². The molecule has 3 heteroatoms. The van der Waals surface area contributed by atoms with Crippen LogP contribution in [0, 0.1) is 11.8 Å². The molecule has 1 fully saturated rings. The van der Waals surface area contributed by atoms with Crippen LogP contribution in [0.1, 0.15) is 25.3 Å². The Morgan fingerprint density at radius 2 is 1.90 bits per heavy atom. The second-order valence-electron chi connectivity index (χ2n) is 5.78. The summed E-state index contributed by atoms with van der Waals surface area (Å²) >= 11 is 0. The molecule has 0 amide bonds.